The molecule has 2 aromatic carbocycles. The Kier molecular flexibility index (Phi) is 4.13. The van der Waals surface area contributed by atoms with Crippen LogP contribution in [0.1, 0.15) is 22.4 Å². The Bertz CT molecular complexity index is 856. The number of hydrogen-bond acceptors (Lipinski definition) is 1. The minimum absolute atomic E-state index is 0.649. The van der Waals surface area contributed by atoms with E-state index in [-0.39, 0.29) is 0 Å². The lowest BCUT2D eigenvalue weighted by Crippen LogP contribution is -2.01. The van der Waals surface area contributed by atoms with Gasteiger partial charge < -0.3 is 4.57 Å². The highest BCUT2D eigenvalue weighted by Gasteiger charge is 2.08. The number of halogens is 1. The molecule has 0 atom stereocenters. The summed E-state index contributed by atoms with van der Waals surface area (Å²) >= 11 is 3.46. The molecule has 3 aromatic rings. The van der Waals surface area contributed by atoms with Gasteiger partial charge in [0.25, 0.3) is 0 Å². The van der Waals surface area contributed by atoms with Crippen molar-refractivity contribution in [2.24, 2.45) is 0 Å². The summed E-state index contributed by atoms with van der Waals surface area (Å²) in [4.78, 5) is 0. The van der Waals surface area contributed by atoms with Crippen molar-refractivity contribution in [2.75, 3.05) is 0 Å². The Morgan fingerprint density at radius 3 is 2.64 bits per heavy atom. The van der Waals surface area contributed by atoms with Crippen LogP contribution >= 0.6 is 15.9 Å². The molecule has 3 heteroatoms. The molecule has 0 spiro atoms. The average Bonchev–Trinajstić information content (AvgIpc) is 2.98. The molecule has 0 aliphatic rings. The summed E-state index contributed by atoms with van der Waals surface area (Å²) in [7, 11) is 0. The highest BCUT2D eigenvalue weighted by atomic mass is 79.9. The first-order valence-corrected chi connectivity index (χ1v) is 7.89. The number of aryl methyl sites for hydroxylation is 1. The molecule has 0 fully saturated rings. The van der Waals surface area contributed by atoms with Crippen LogP contribution in [0, 0.1) is 18.3 Å². The molecule has 0 aliphatic heterocycles. The molecule has 22 heavy (non-hydrogen) atoms. The molecule has 2 nitrogen and oxygen atoms in total. The summed E-state index contributed by atoms with van der Waals surface area (Å²) in [6, 6.07) is 20.6. The monoisotopic (exact) mass is 350 g/mol. The van der Waals surface area contributed by atoms with E-state index in [0.717, 1.165) is 16.6 Å². The summed E-state index contributed by atoms with van der Waals surface area (Å²) in [5.74, 6) is 0. The van der Waals surface area contributed by atoms with E-state index in [0.29, 0.717) is 5.56 Å². The van der Waals surface area contributed by atoms with Gasteiger partial charge >= 0.3 is 0 Å². The molecule has 0 saturated heterocycles. The van der Waals surface area contributed by atoms with Crippen molar-refractivity contribution >= 4 is 15.9 Å². The third-order valence-corrected chi connectivity index (χ3v) is 4.47. The number of nitriles is 1. The van der Waals surface area contributed by atoms with Gasteiger partial charge in [-0.1, -0.05) is 24.3 Å². The predicted octanol–water partition coefficient (Wildman–Crippen LogP) is 5.01. The molecular weight excluding hydrogens is 336 g/mol. The molecule has 0 aliphatic carbocycles. The number of hydrogen-bond donors (Lipinski definition) is 0. The van der Waals surface area contributed by atoms with E-state index in [9.17, 15) is 0 Å². The van der Waals surface area contributed by atoms with Crippen molar-refractivity contribution in [1.82, 2.24) is 4.57 Å². The number of aromatic nitrogens is 1. The molecule has 0 amide bonds. The van der Waals surface area contributed by atoms with Gasteiger partial charge in [0.1, 0.15) is 6.07 Å². The molecule has 1 heterocycles. The summed E-state index contributed by atoms with van der Waals surface area (Å²) in [6.45, 7) is 2.14. The van der Waals surface area contributed by atoms with Gasteiger partial charge in [-0.05, 0) is 64.3 Å². The first-order valence-electron chi connectivity index (χ1n) is 7.10. The quantitative estimate of drug-likeness (QED) is 0.652. The van der Waals surface area contributed by atoms with Crippen LogP contribution < -0.4 is 0 Å². The summed E-state index contributed by atoms with van der Waals surface area (Å²) in [5, 5.41) is 9.03. The fourth-order valence-corrected chi connectivity index (χ4v) is 3.02. The first-order chi connectivity index (χ1) is 10.7. The molecular formula is C19H15BrN2. The highest BCUT2D eigenvalue weighted by molar-refractivity contribution is 9.10. The molecule has 0 unspecified atom stereocenters. The minimum Gasteiger partial charge on any atom is -0.321 e. The molecule has 0 radical (unpaired) electrons. The van der Waals surface area contributed by atoms with Crippen molar-refractivity contribution in [1.29, 1.82) is 5.26 Å². The van der Waals surface area contributed by atoms with Crippen LogP contribution in [0.2, 0.25) is 0 Å². The second-order valence-electron chi connectivity index (χ2n) is 5.25. The van der Waals surface area contributed by atoms with Gasteiger partial charge in [0.05, 0.1) is 5.56 Å². The molecule has 3 rings (SSSR count). The number of rotatable bonds is 3. The van der Waals surface area contributed by atoms with Gasteiger partial charge in [0.2, 0.25) is 0 Å². The van der Waals surface area contributed by atoms with Gasteiger partial charge in [-0.25, -0.2) is 0 Å². The Balaban J connectivity index is 1.98. The summed E-state index contributed by atoms with van der Waals surface area (Å²) < 4.78 is 2.99. The van der Waals surface area contributed by atoms with Crippen molar-refractivity contribution in [3.63, 3.8) is 0 Å². The normalized spacial score (nSPS) is 10.4. The van der Waals surface area contributed by atoms with Crippen LogP contribution in [0.5, 0.6) is 0 Å². The number of benzene rings is 2. The summed E-state index contributed by atoms with van der Waals surface area (Å²) in [5.41, 5.74) is 5.56. The Morgan fingerprint density at radius 2 is 1.91 bits per heavy atom. The van der Waals surface area contributed by atoms with Gasteiger partial charge in [0.15, 0.2) is 0 Å². The van der Waals surface area contributed by atoms with E-state index >= 15 is 0 Å². The zero-order valence-corrected chi connectivity index (χ0v) is 13.8. The van der Waals surface area contributed by atoms with E-state index < -0.39 is 0 Å². The standard InChI is InChI=1S/C19H15BrN2/c1-14-5-2-3-6-15(14)11-17-7-4-10-22(17)18-9-8-16(13-21)19(20)12-18/h2-10,12H,11H2,1H3. The average molecular weight is 351 g/mol. The van der Waals surface area contributed by atoms with Gasteiger partial charge in [-0.15, -0.1) is 0 Å². The first kappa shape index (κ1) is 14.6. The highest BCUT2D eigenvalue weighted by Crippen LogP contribution is 2.23. The van der Waals surface area contributed by atoms with Crippen LogP contribution in [0.15, 0.2) is 65.3 Å². The fraction of sp³-hybridized carbons (Fsp3) is 0.105. The van der Waals surface area contributed by atoms with Crippen LogP contribution in [0.25, 0.3) is 5.69 Å². The molecule has 108 valence electrons. The second kappa shape index (κ2) is 6.21. The van der Waals surface area contributed by atoms with Crippen LogP contribution in [0.4, 0.5) is 0 Å². The molecule has 1 aromatic heterocycles. The second-order valence-corrected chi connectivity index (χ2v) is 6.10. The lowest BCUT2D eigenvalue weighted by atomic mass is 10.0. The van der Waals surface area contributed by atoms with Crippen LogP contribution in [0.3, 0.4) is 0 Å². The maximum absolute atomic E-state index is 9.03. The van der Waals surface area contributed by atoms with Crippen LogP contribution in [-0.2, 0) is 6.42 Å². The molecule has 0 bridgehead atoms. The minimum atomic E-state index is 0.649. The lowest BCUT2D eigenvalue weighted by molar-refractivity contribution is 0.952. The van der Waals surface area contributed by atoms with E-state index in [1.165, 1.54) is 16.8 Å². The van der Waals surface area contributed by atoms with E-state index in [1.807, 2.05) is 18.2 Å². The Labute approximate surface area is 138 Å². The smallest absolute Gasteiger partial charge is 0.100 e. The maximum atomic E-state index is 9.03. The topological polar surface area (TPSA) is 28.7 Å². The zero-order chi connectivity index (χ0) is 15.5. The predicted molar refractivity (Wildman–Crippen MR) is 92.2 cm³/mol. The Morgan fingerprint density at radius 1 is 1.09 bits per heavy atom. The van der Waals surface area contributed by atoms with Gasteiger partial charge in [-0.3, -0.25) is 0 Å². The third-order valence-electron chi connectivity index (χ3n) is 3.82. The zero-order valence-electron chi connectivity index (χ0n) is 12.3. The lowest BCUT2D eigenvalue weighted by Gasteiger charge is -2.12. The fourth-order valence-electron chi connectivity index (χ4n) is 2.56. The van der Waals surface area contributed by atoms with Crippen LogP contribution in [-0.4, -0.2) is 4.57 Å². The van der Waals surface area contributed by atoms with Crippen molar-refractivity contribution in [3.8, 4) is 11.8 Å². The number of nitrogens with zero attached hydrogens (tertiary/aromatic N) is 2. The van der Waals surface area contributed by atoms with Gasteiger partial charge in [-0.2, -0.15) is 5.26 Å². The SMILES string of the molecule is Cc1ccccc1Cc1cccn1-c1ccc(C#N)c(Br)c1. The van der Waals surface area contributed by atoms with E-state index in [4.69, 9.17) is 5.26 Å². The maximum Gasteiger partial charge on any atom is 0.100 e. The molecule has 0 N–H and O–H groups in total. The van der Waals surface area contributed by atoms with E-state index in [2.05, 4.69) is 76.1 Å². The van der Waals surface area contributed by atoms with Crippen molar-refractivity contribution < 1.29 is 0 Å². The van der Waals surface area contributed by atoms with Crippen molar-refractivity contribution in [2.45, 2.75) is 13.3 Å². The van der Waals surface area contributed by atoms with E-state index in [1.54, 1.807) is 0 Å². The van der Waals surface area contributed by atoms with Gasteiger partial charge in [0, 0.05) is 28.5 Å². The third kappa shape index (κ3) is 2.84. The largest absolute Gasteiger partial charge is 0.321 e. The molecule has 0 saturated carbocycles. The Hall–Kier alpha value is -2.31. The summed E-state index contributed by atoms with van der Waals surface area (Å²) in [6.07, 6.45) is 2.94. The van der Waals surface area contributed by atoms with Crippen molar-refractivity contribution in [3.05, 3.63) is 87.7 Å².